The molecule has 0 fully saturated rings. The predicted octanol–water partition coefficient (Wildman–Crippen LogP) is 5.31. The zero-order chi connectivity index (χ0) is 21.3. The highest BCUT2D eigenvalue weighted by molar-refractivity contribution is 6.31. The molecule has 29 heavy (non-hydrogen) atoms. The summed E-state index contributed by atoms with van der Waals surface area (Å²) in [5.74, 6) is -0.630. The maximum Gasteiger partial charge on any atom is 0.417 e. The minimum absolute atomic E-state index is 0.0435. The van der Waals surface area contributed by atoms with Crippen LogP contribution in [-0.4, -0.2) is 9.97 Å². The van der Waals surface area contributed by atoms with E-state index in [0.717, 1.165) is 12.1 Å². The maximum absolute atomic E-state index is 13.7. The lowest BCUT2D eigenvalue weighted by Gasteiger charge is -2.20. The molecule has 0 spiro atoms. The SMILES string of the molecule is NC(c1ccc(Cl)c(F)c1)C(N)c1cc(-c2ccc(C(F)(F)F)c(Cl)c2)ncn1. The van der Waals surface area contributed by atoms with Crippen molar-refractivity contribution in [2.24, 2.45) is 11.5 Å². The molecule has 3 aromatic rings. The first-order chi connectivity index (χ1) is 13.6. The molecular weight excluding hydrogens is 431 g/mol. The van der Waals surface area contributed by atoms with Crippen LogP contribution in [0, 0.1) is 5.82 Å². The Morgan fingerprint density at radius 3 is 2.21 bits per heavy atom. The highest BCUT2D eigenvalue weighted by Crippen LogP contribution is 2.37. The van der Waals surface area contributed by atoms with Crippen molar-refractivity contribution in [2.45, 2.75) is 18.3 Å². The Kier molecular flexibility index (Phi) is 6.09. The standard InChI is InChI=1S/C19H14Cl2F4N4/c20-12-4-2-10(6-14(12)22)17(26)18(27)16-7-15(28-8-29-16)9-1-3-11(13(21)5-9)19(23,24)25/h1-8,17-18H,26-27H2. The first kappa shape index (κ1) is 21.4. The fourth-order valence-corrected chi connectivity index (χ4v) is 3.13. The molecule has 10 heteroatoms. The summed E-state index contributed by atoms with van der Waals surface area (Å²) in [5.41, 5.74) is 12.8. The molecular formula is C19H14Cl2F4N4. The number of rotatable bonds is 4. The Morgan fingerprint density at radius 1 is 0.862 bits per heavy atom. The highest BCUT2D eigenvalue weighted by Gasteiger charge is 2.33. The number of nitrogens with zero attached hydrogens (tertiary/aromatic N) is 2. The first-order valence-electron chi connectivity index (χ1n) is 8.23. The second-order valence-corrected chi connectivity index (χ2v) is 7.06. The van der Waals surface area contributed by atoms with E-state index < -0.39 is 34.7 Å². The normalized spacial score (nSPS) is 13.9. The Labute approximate surface area is 173 Å². The fraction of sp³-hybridized carbons (Fsp3) is 0.158. The average Bonchev–Trinajstić information content (AvgIpc) is 2.68. The van der Waals surface area contributed by atoms with Crippen LogP contribution in [0.4, 0.5) is 17.6 Å². The number of aromatic nitrogens is 2. The van der Waals surface area contributed by atoms with Gasteiger partial charge in [0.15, 0.2) is 0 Å². The van der Waals surface area contributed by atoms with Crippen molar-refractivity contribution in [3.63, 3.8) is 0 Å². The molecule has 0 aliphatic carbocycles. The zero-order valence-corrected chi connectivity index (χ0v) is 16.1. The van der Waals surface area contributed by atoms with Gasteiger partial charge in [-0.3, -0.25) is 0 Å². The molecule has 0 saturated carbocycles. The van der Waals surface area contributed by atoms with Gasteiger partial charge < -0.3 is 11.5 Å². The second-order valence-electron chi connectivity index (χ2n) is 6.25. The van der Waals surface area contributed by atoms with Gasteiger partial charge in [0.2, 0.25) is 0 Å². The van der Waals surface area contributed by atoms with Gasteiger partial charge in [0.1, 0.15) is 12.1 Å². The molecule has 1 heterocycles. The van der Waals surface area contributed by atoms with Crippen molar-refractivity contribution in [1.29, 1.82) is 0 Å². The van der Waals surface area contributed by atoms with Crippen molar-refractivity contribution in [3.8, 4) is 11.3 Å². The van der Waals surface area contributed by atoms with Gasteiger partial charge in [-0.25, -0.2) is 14.4 Å². The lowest BCUT2D eigenvalue weighted by atomic mass is 9.97. The van der Waals surface area contributed by atoms with E-state index in [1.165, 1.54) is 30.6 Å². The molecule has 2 atom stereocenters. The number of hydrogen-bond acceptors (Lipinski definition) is 4. The van der Waals surface area contributed by atoms with Crippen molar-refractivity contribution >= 4 is 23.2 Å². The van der Waals surface area contributed by atoms with Crippen LogP contribution < -0.4 is 11.5 Å². The molecule has 1 aromatic heterocycles. The van der Waals surface area contributed by atoms with Gasteiger partial charge in [-0.2, -0.15) is 13.2 Å². The molecule has 0 radical (unpaired) electrons. The summed E-state index contributed by atoms with van der Waals surface area (Å²) in [6.45, 7) is 0. The van der Waals surface area contributed by atoms with Gasteiger partial charge in [-0.15, -0.1) is 0 Å². The van der Waals surface area contributed by atoms with E-state index >= 15 is 0 Å². The minimum Gasteiger partial charge on any atom is -0.322 e. The molecule has 0 bridgehead atoms. The summed E-state index contributed by atoms with van der Waals surface area (Å²) in [6.07, 6.45) is -3.35. The Morgan fingerprint density at radius 2 is 1.59 bits per heavy atom. The van der Waals surface area contributed by atoms with Gasteiger partial charge in [-0.05, 0) is 35.9 Å². The first-order valence-corrected chi connectivity index (χ1v) is 8.98. The van der Waals surface area contributed by atoms with E-state index in [1.807, 2.05) is 0 Å². The monoisotopic (exact) mass is 444 g/mol. The van der Waals surface area contributed by atoms with Gasteiger partial charge in [-0.1, -0.05) is 35.3 Å². The fourth-order valence-electron chi connectivity index (χ4n) is 2.73. The Bertz CT molecular complexity index is 1040. The largest absolute Gasteiger partial charge is 0.417 e. The molecule has 4 nitrogen and oxygen atoms in total. The van der Waals surface area contributed by atoms with E-state index in [2.05, 4.69) is 9.97 Å². The number of alkyl halides is 3. The minimum atomic E-state index is -4.56. The summed E-state index contributed by atoms with van der Waals surface area (Å²) < 4.78 is 52.3. The van der Waals surface area contributed by atoms with Crippen LogP contribution in [0.5, 0.6) is 0 Å². The molecule has 2 unspecified atom stereocenters. The molecule has 4 N–H and O–H groups in total. The molecule has 3 rings (SSSR count). The third kappa shape index (κ3) is 4.67. The van der Waals surface area contributed by atoms with Crippen molar-refractivity contribution in [3.05, 3.63) is 81.5 Å². The molecule has 0 aliphatic heterocycles. The number of halogens is 6. The second kappa shape index (κ2) is 8.23. The Hall–Kier alpha value is -2.26. The average molecular weight is 445 g/mol. The molecule has 0 aliphatic rings. The van der Waals surface area contributed by atoms with Crippen LogP contribution in [0.1, 0.15) is 28.9 Å². The molecule has 2 aromatic carbocycles. The number of benzene rings is 2. The third-order valence-corrected chi connectivity index (χ3v) is 4.93. The van der Waals surface area contributed by atoms with Gasteiger partial charge in [0.25, 0.3) is 0 Å². The van der Waals surface area contributed by atoms with E-state index in [4.69, 9.17) is 34.7 Å². The molecule has 0 amide bonds. The summed E-state index contributed by atoms with van der Waals surface area (Å²) in [4.78, 5) is 8.14. The molecule has 152 valence electrons. The van der Waals surface area contributed by atoms with Crippen LogP contribution in [0.15, 0.2) is 48.8 Å². The topological polar surface area (TPSA) is 77.8 Å². The summed E-state index contributed by atoms with van der Waals surface area (Å²) in [6, 6.07) is 7.25. The van der Waals surface area contributed by atoms with Crippen molar-refractivity contribution < 1.29 is 17.6 Å². The van der Waals surface area contributed by atoms with E-state index in [1.54, 1.807) is 6.07 Å². The number of hydrogen-bond donors (Lipinski definition) is 2. The quantitative estimate of drug-likeness (QED) is 0.534. The van der Waals surface area contributed by atoms with Gasteiger partial charge >= 0.3 is 6.18 Å². The highest BCUT2D eigenvalue weighted by atomic mass is 35.5. The summed E-state index contributed by atoms with van der Waals surface area (Å²) in [7, 11) is 0. The van der Waals surface area contributed by atoms with Crippen LogP contribution >= 0.6 is 23.2 Å². The van der Waals surface area contributed by atoms with Crippen molar-refractivity contribution in [1.82, 2.24) is 9.97 Å². The third-order valence-electron chi connectivity index (χ3n) is 4.32. The van der Waals surface area contributed by atoms with Crippen LogP contribution in [0.2, 0.25) is 10.0 Å². The lowest BCUT2D eigenvalue weighted by Crippen LogP contribution is -2.27. The van der Waals surface area contributed by atoms with E-state index in [0.29, 0.717) is 22.5 Å². The summed E-state index contributed by atoms with van der Waals surface area (Å²) in [5, 5.41) is -0.495. The summed E-state index contributed by atoms with van der Waals surface area (Å²) >= 11 is 11.4. The predicted molar refractivity (Wildman–Crippen MR) is 103 cm³/mol. The van der Waals surface area contributed by atoms with Gasteiger partial charge in [0.05, 0.1) is 39.1 Å². The van der Waals surface area contributed by atoms with Gasteiger partial charge in [0, 0.05) is 5.56 Å². The van der Waals surface area contributed by atoms with E-state index in [9.17, 15) is 17.6 Å². The maximum atomic E-state index is 13.7. The zero-order valence-electron chi connectivity index (χ0n) is 14.6. The lowest BCUT2D eigenvalue weighted by molar-refractivity contribution is -0.137. The van der Waals surface area contributed by atoms with Crippen LogP contribution in [-0.2, 0) is 6.18 Å². The smallest absolute Gasteiger partial charge is 0.322 e. The Balaban J connectivity index is 1.91. The van der Waals surface area contributed by atoms with Crippen LogP contribution in [0.25, 0.3) is 11.3 Å². The molecule has 0 saturated heterocycles. The van der Waals surface area contributed by atoms with E-state index in [-0.39, 0.29) is 5.02 Å². The van der Waals surface area contributed by atoms with Crippen LogP contribution in [0.3, 0.4) is 0 Å². The number of nitrogens with two attached hydrogens (primary N) is 2. The van der Waals surface area contributed by atoms with Crippen molar-refractivity contribution in [2.75, 3.05) is 0 Å².